The number of benzene rings is 1. The summed E-state index contributed by atoms with van der Waals surface area (Å²) in [4.78, 5) is 30.0. The molecule has 2 aliphatic heterocycles. The van der Waals surface area contributed by atoms with Crippen molar-refractivity contribution in [2.75, 3.05) is 37.0 Å². The molecule has 1 aromatic carbocycles. The van der Waals surface area contributed by atoms with Gasteiger partial charge >= 0.3 is 0 Å². The molecule has 202 valence electrons. The lowest BCUT2D eigenvalue weighted by Crippen LogP contribution is -2.57. The van der Waals surface area contributed by atoms with Gasteiger partial charge in [-0.15, -0.1) is 0 Å². The first kappa shape index (κ1) is 28.4. The lowest BCUT2D eigenvalue weighted by atomic mass is 9.86. The van der Waals surface area contributed by atoms with Crippen LogP contribution in [0.15, 0.2) is 30.3 Å². The molecule has 2 amide bonds. The summed E-state index contributed by atoms with van der Waals surface area (Å²) in [5.74, 6) is -0.0787. The Bertz CT molecular complexity index is 961. The molecule has 0 aliphatic carbocycles. The molecular formula is C27H44N4O4S. The fraction of sp³-hybridized carbons (Fsp3) is 0.704. The standard InChI is InChI=1S/C27H44N4O4S/c1-4-6-7-8-9-13-20-36(34,35)30-18-16-27(17-19-30)26(33)29(21-25(32)28-23(3)5-2)22-31(27)24-14-11-10-12-15-24/h10-12,14-15,23H,4-9,13,16-22H2,1-3H3,(H,28,32). The van der Waals surface area contributed by atoms with Crippen LogP contribution in [-0.2, 0) is 19.6 Å². The van der Waals surface area contributed by atoms with E-state index in [1.165, 1.54) is 12.8 Å². The van der Waals surface area contributed by atoms with E-state index in [0.29, 0.717) is 39.0 Å². The molecule has 3 rings (SSSR count). The van der Waals surface area contributed by atoms with Crippen molar-refractivity contribution in [3.8, 4) is 0 Å². The Labute approximate surface area is 217 Å². The van der Waals surface area contributed by atoms with Crippen molar-refractivity contribution >= 4 is 27.5 Å². The molecule has 1 unspecified atom stereocenters. The van der Waals surface area contributed by atoms with Crippen LogP contribution in [0.5, 0.6) is 0 Å². The van der Waals surface area contributed by atoms with Crippen molar-refractivity contribution < 1.29 is 18.0 Å². The lowest BCUT2D eigenvalue weighted by molar-refractivity contribution is -0.137. The summed E-state index contributed by atoms with van der Waals surface area (Å²) in [6.07, 6.45) is 7.88. The SMILES string of the molecule is CCCCCCCCS(=O)(=O)N1CCC2(CC1)C(=O)N(CC(=O)NC(C)CC)CN2c1ccccc1. The van der Waals surface area contributed by atoms with Gasteiger partial charge in [-0.25, -0.2) is 12.7 Å². The Hall–Kier alpha value is -2.13. The van der Waals surface area contributed by atoms with Gasteiger partial charge in [0.25, 0.3) is 0 Å². The van der Waals surface area contributed by atoms with E-state index in [9.17, 15) is 18.0 Å². The second-order valence-corrected chi connectivity index (χ2v) is 12.4. The number of carbonyl (C=O) groups is 2. The van der Waals surface area contributed by atoms with E-state index in [2.05, 4.69) is 17.1 Å². The average molecular weight is 521 g/mol. The van der Waals surface area contributed by atoms with E-state index in [-0.39, 0.29) is 30.2 Å². The maximum Gasteiger partial charge on any atom is 0.250 e. The van der Waals surface area contributed by atoms with Crippen LogP contribution in [-0.4, -0.2) is 73.1 Å². The van der Waals surface area contributed by atoms with Gasteiger partial charge in [0, 0.05) is 24.8 Å². The van der Waals surface area contributed by atoms with Crippen LogP contribution in [0.25, 0.3) is 0 Å². The molecule has 0 aromatic heterocycles. The molecule has 1 N–H and O–H groups in total. The number of hydrogen-bond donors (Lipinski definition) is 1. The number of carbonyl (C=O) groups excluding carboxylic acids is 2. The van der Waals surface area contributed by atoms with Crippen LogP contribution in [0.2, 0.25) is 0 Å². The highest BCUT2D eigenvalue weighted by Gasteiger charge is 2.54. The monoisotopic (exact) mass is 520 g/mol. The number of para-hydroxylation sites is 1. The molecular weight excluding hydrogens is 476 g/mol. The fourth-order valence-corrected chi connectivity index (χ4v) is 6.81. The van der Waals surface area contributed by atoms with Crippen LogP contribution >= 0.6 is 0 Å². The largest absolute Gasteiger partial charge is 0.352 e. The minimum Gasteiger partial charge on any atom is -0.352 e. The average Bonchev–Trinajstić information content (AvgIpc) is 3.12. The van der Waals surface area contributed by atoms with Gasteiger partial charge in [-0.3, -0.25) is 9.59 Å². The van der Waals surface area contributed by atoms with E-state index in [1.807, 2.05) is 44.2 Å². The summed E-state index contributed by atoms with van der Waals surface area (Å²) in [7, 11) is -3.35. The predicted molar refractivity (Wildman–Crippen MR) is 144 cm³/mol. The van der Waals surface area contributed by atoms with Crippen molar-refractivity contribution in [1.82, 2.24) is 14.5 Å². The highest BCUT2D eigenvalue weighted by molar-refractivity contribution is 7.89. The number of sulfonamides is 1. The molecule has 0 radical (unpaired) electrons. The summed E-state index contributed by atoms with van der Waals surface area (Å²) in [5, 5.41) is 2.95. The molecule has 2 fully saturated rings. The molecule has 1 aromatic rings. The van der Waals surface area contributed by atoms with Crippen molar-refractivity contribution in [2.24, 2.45) is 0 Å². The maximum absolute atomic E-state index is 13.7. The van der Waals surface area contributed by atoms with Crippen LogP contribution in [0, 0.1) is 0 Å². The van der Waals surface area contributed by atoms with E-state index < -0.39 is 15.6 Å². The molecule has 9 heteroatoms. The van der Waals surface area contributed by atoms with Crippen LogP contribution in [0.4, 0.5) is 5.69 Å². The Morgan fingerprint density at radius 2 is 1.67 bits per heavy atom. The van der Waals surface area contributed by atoms with E-state index >= 15 is 0 Å². The number of anilines is 1. The number of unbranched alkanes of at least 4 members (excludes halogenated alkanes) is 5. The van der Waals surface area contributed by atoms with Gasteiger partial charge in [-0.1, -0.05) is 64.2 Å². The quantitative estimate of drug-likeness (QED) is 0.400. The molecule has 0 bridgehead atoms. The molecule has 0 saturated carbocycles. The zero-order valence-corrected chi connectivity index (χ0v) is 23.1. The number of hydrogen-bond acceptors (Lipinski definition) is 5. The number of rotatable bonds is 13. The van der Waals surface area contributed by atoms with Gasteiger partial charge in [-0.2, -0.15) is 0 Å². The maximum atomic E-state index is 13.7. The van der Waals surface area contributed by atoms with Crippen molar-refractivity contribution in [3.63, 3.8) is 0 Å². The number of nitrogens with one attached hydrogen (secondary N) is 1. The summed E-state index contributed by atoms with van der Waals surface area (Å²) in [6, 6.07) is 9.80. The number of nitrogens with zero attached hydrogens (tertiary/aromatic N) is 3. The third kappa shape index (κ3) is 6.79. The predicted octanol–water partition coefficient (Wildman–Crippen LogP) is 3.73. The second-order valence-electron chi connectivity index (χ2n) is 10.3. The van der Waals surface area contributed by atoms with Gasteiger partial charge < -0.3 is 15.1 Å². The van der Waals surface area contributed by atoms with Crippen molar-refractivity contribution in [1.29, 1.82) is 0 Å². The van der Waals surface area contributed by atoms with Crippen molar-refractivity contribution in [3.05, 3.63) is 30.3 Å². The summed E-state index contributed by atoms with van der Waals surface area (Å²) in [6.45, 7) is 7.09. The molecule has 2 heterocycles. The Morgan fingerprint density at radius 1 is 1.03 bits per heavy atom. The van der Waals surface area contributed by atoms with Crippen molar-refractivity contribution in [2.45, 2.75) is 90.1 Å². The smallest absolute Gasteiger partial charge is 0.250 e. The zero-order chi connectivity index (χ0) is 26.2. The molecule has 1 atom stereocenters. The first-order valence-electron chi connectivity index (χ1n) is 13.6. The Balaban J connectivity index is 1.68. The van der Waals surface area contributed by atoms with Gasteiger partial charge in [0.05, 0.1) is 12.4 Å². The topological polar surface area (TPSA) is 90.0 Å². The minimum atomic E-state index is -3.35. The number of amides is 2. The summed E-state index contributed by atoms with van der Waals surface area (Å²) >= 11 is 0. The molecule has 2 aliphatic rings. The first-order valence-corrected chi connectivity index (χ1v) is 15.2. The highest BCUT2D eigenvalue weighted by atomic mass is 32.2. The Kier molecular flexibility index (Phi) is 10.2. The highest BCUT2D eigenvalue weighted by Crippen LogP contribution is 2.40. The normalized spacial score (nSPS) is 19.1. The first-order chi connectivity index (χ1) is 17.2. The zero-order valence-electron chi connectivity index (χ0n) is 22.2. The summed E-state index contributed by atoms with van der Waals surface area (Å²) < 4.78 is 27.6. The third-order valence-corrected chi connectivity index (χ3v) is 9.59. The molecule has 8 nitrogen and oxygen atoms in total. The van der Waals surface area contributed by atoms with E-state index in [4.69, 9.17) is 0 Å². The second kappa shape index (κ2) is 12.9. The number of piperidine rings is 1. The van der Waals surface area contributed by atoms with Crippen LogP contribution in [0.1, 0.15) is 78.6 Å². The third-order valence-electron chi connectivity index (χ3n) is 7.64. The van der Waals surface area contributed by atoms with Gasteiger partial charge in [0.2, 0.25) is 21.8 Å². The van der Waals surface area contributed by atoms with Crippen LogP contribution in [0.3, 0.4) is 0 Å². The summed E-state index contributed by atoms with van der Waals surface area (Å²) in [5.41, 5.74) is 0.0866. The molecule has 36 heavy (non-hydrogen) atoms. The van der Waals surface area contributed by atoms with Gasteiger partial charge in [0.1, 0.15) is 12.1 Å². The molecule has 1 spiro atoms. The minimum absolute atomic E-state index is 0.00824. The van der Waals surface area contributed by atoms with E-state index in [0.717, 1.165) is 31.4 Å². The van der Waals surface area contributed by atoms with Gasteiger partial charge in [0.15, 0.2) is 0 Å². The Morgan fingerprint density at radius 3 is 2.31 bits per heavy atom. The van der Waals surface area contributed by atoms with E-state index in [1.54, 1.807) is 9.21 Å². The fourth-order valence-electron chi connectivity index (χ4n) is 5.25. The van der Waals surface area contributed by atoms with Gasteiger partial charge in [-0.05, 0) is 44.7 Å². The lowest BCUT2D eigenvalue weighted by Gasteiger charge is -2.42. The molecule has 2 saturated heterocycles. The van der Waals surface area contributed by atoms with Crippen LogP contribution < -0.4 is 10.2 Å².